The second-order valence-electron chi connectivity index (χ2n) is 4.50. The van der Waals surface area contributed by atoms with E-state index < -0.39 is 11.6 Å². The highest BCUT2D eigenvalue weighted by Crippen LogP contribution is 2.29. The number of ether oxygens (including phenoxy) is 1. The van der Waals surface area contributed by atoms with E-state index in [1.54, 1.807) is 18.3 Å². The molecule has 0 spiro atoms. The Balaban J connectivity index is 1.95. The van der Waals surface area contributed by atoms with Gasteiger partial charge in [0, 0.05) is 19.3 Å². The summed E-state index contributed by atoms with van der Waals surface area (Å²) in [5, 5.41) is 17.4. The second kappa shape index (κ2) is 4.63. The standard InChI is InChI=1S/C12H13N3O3/c1-12(18-6-11(16)17)7-15(8-12)10-4-9(5-13)2-3-14-10/h2-4H,6-8H2,1H3,(H,16,17). The fourth-order valence-corrected chi connectivity index (χ4v) is 1.91. The number of aromatic nitrogens is 1. The van der Waals surface area contributed by atoms with Crippen LogP contribution in [0.4, 0.5) is 5.82 Å². The molecule has 0 amide bonds. The highest BCUT2D eigenvalue weighted by Gasteiger charge is 2.40. The van der Waals surface area contributed by atoms with E-state index in [1.165, 1.54) is 0 Å². The minimum atomic E-state index is -0.973. The SMILES string of the molecule is CC1(OCC(=O)O)CN(c2cc(C#N)ccn2)C1. The van der Waals surface area contributed by atoms with E-state index in [0.717, 1.165) is 0 Å². The predicted octanol–water partition coefficient (Wildman–Crippen LogP) is 0.633. The Bertz CT molecular complexity index is 504. The van der Waals surface area contributed by atoms with Crippen LogP contribution in [-0.4, -0.2) is 41.4 Å². The topological polar surface area (TPSA) is 86.5 Å². The summed E-state index contributed by atoms with van der Waals surface area (Å²) in [6.45, 7) is 2.71. The molecule has 0 atom stereocenters. The molecule has 1 aliphatic rings. The van der Waals surface area contributed by atoms with E-state index in [4.69, 9.17) is 15.1 Å². The summed E-state index contributed by atoms with van der Waals surface area (Å²) < 4.78 is 5.30. The molecule has 1 aromatic rings. The van der Waals surface area contributed by atoms with Crippen molar-refractivity contribution in [2.24, 2.45) is 0 Å². The minimum Gasteiger partial charge on any atom is -0.480 e. The molecule has 1 aromatic heterocycles. The lowest BCUT2D eigenvalue weighted by Crippen LogP contribution is -2.62. The molecule has 1 aliphatic heterocycles. The van der Waals surface area contributed by atoms with Gasteiger partial charge in [-0.1, -0.05) is 0 Å². The van der Waals surface area contributed by atoms with E-state index >= 15 is 0 Å². The third kappa shape index (κ3) is 2.57. The maximum Gasteiger partial charge on any atom is 0.329 e. The van der Waals surface area contributed by atoms with Gasteiger partial charge >= 0.3 is 5.97 Å². The van der Waals surface area contributed by atoms with Crippen LogP contribution in [0, 0.1) is 11.3 Å². The molecule has 1 saturated heterocycles. The molecule has 0 unspecified atom stereocenters. The van der Waals surface area contributed by atoms with Gasteiger partial charge in [0.1, 0.15) is 18.0 Å². The monoisotopic (exact) mass is 247 g/mol. The smallest absolute Gasteiger partial charge is 0.329 e. The van der Waals surface area contributed by atoms with Crippen molar-refractivity contribution in [3.8, 4) is 6.07 Å². The number of aliphatic carboxylic acids is 1. The molecular formula is C12H13N3O3. The van der Waals surface area contributed by atoms with Crippen LogP contribution in [-0.2, 0) is 9.53 Å². The summed E-state index contributed by atoms with van der Waals surface area (Å²) >= 11 is 0. The van der Waals surface area contributed by atoms with Gasteiger partial charge in [-0.2, -0.15) is 5.26 Å². The Morgan fingerprint density at radius 1 is 1.72 bits per heavy atom. The van der Waals surface area contributed by atoms with Crippen LogP contribution < -0.4 is 4.90 Å². The van der Waals surface area contributed by atoms with Crippen LogP contribution in [0.25, 0.3) is 0 Å². The fraction of sp³-hybridized carbons (Fsp3) is 0.417. The Labute approximate surface area is 104 Å². The van der Waals surface area contributed by atoms with Gasteiger partial charge in [-0.25, -0.2) is 9.78 Å². The largest absolute Gasteiger partial charge is 0.480 e. The number of pyridine rings is 1. The van der Waals surface area contributed by atoms with Crippen molar-refractivity contribution in [1.29, 1.82) is 5.26 Å². The van der Waals surface area contributed by atoms with Crippen molar-refractivity contribution in [3.63, 3.8) is 0 Å². The van der Waals surface area contributed by atoms with E-state index in [-0.39, 0.29) is 6.61 Å². The second-order valence-corrected chi connectivity index (χ2v) is 4.50. The zero-order valence-corrected chi connectivity index (χ0v) is 9.96. The molecule has 1 N–H and O–H groups in total. The molecular weight excluding hydrogens is 234 g/mol. The van der Waals surface area contributed by atoms with Crippen LogP contribution in [0.1, 0.15) is 12.5 Å². The summed E-state index contributed by atoms with van der Waals surface area (Å²) in [5.74, 6) is -0.260. The average molecular weight is 247 g/mol. The van der Waals surface area contributed by atoms with Gasteiger partial charge in [0.25, 0.3) is 0 Å². The Hall–Kier alpha value is -2.13. The van der Waals surface area contributed by atoms with Gasteiger partial charge in [-0.3, -0.25) is 0 Å². The van der Waals surface area contributed by atoms with Gasteiger partial charge in [0.15, 0.2) is 0 Å². The van der Waals surface area contributed by atoms with Crippen molar-refractivity contribution in [3.05, 3.63) is 23.9 Å². The zero-order valence-electron chi connectivity index (χ0n) is 9.96. The number of carboxylic acid groups (broad SMARTS) is 1. The first-order valence-electron chi connectivity index (χ1n) is 5.49. The molecule has 0 saturated carbocycles. The average Bonchev–Trinajstić information content (AvgIpc) is 2.33. The van der Waals surface area contributed by atoms with Crippen LogP contribution in [0.15, 0.2) is 18.3 Å². The first-order valence-corrected chi connectivity index (χ1v) is 5.49. The lowest BCUT2D eigenvalue weighted by atomic mass is 9.96. The van der Waals surface area contributed by atoms with E-state index in [1.807, 2.05) is 11.8 Å². The van der Waals surface area contributed by atoms with Crippen molar-refractivity contribution in [1.82, 2.24) is 4.98 Å². The van der Waals surface area contributed by atoms with Gasteiger partial charge in [0.2, 0.25) is 0 Å². The van der Waals surface area contributed by atoms with Crippen LogP contribution >= 0.6 is 0 Å². The summed E-state index contributed by atoms with van der Waals surface area (Å²) in [6, 6.07) is 5.40. The number of nitriles is 1. The Morgan fingerprint density at radius 3 is 3.06 bits per heavy atom. The maximum atomic E-state index is 10.4. The molecule has 6 heteroatoms. The number of hydrogen-bond donors (Lipinski definition) is 1. The molecule has 0 radical (unpaired) electrons. The minimum absolute atomic E-state index is 0.296. The maximum absolute atomic E-state index is 10.4. The number of nitrogens with zero attached hydrogens (tertiary/aromatic N) is 3. The van der Waals surface area contributed by atoms with Crippen LogP contribution in [0.5, 0.6) is 0 Å². The summed E-state index contributed by atoms with van der Waals surface area (Å²) in [4.78, 5) is 16.6. The normalized spacial score (nSPS) is 16.8. The predicted molar refractivity (Wildman–Crippen MR) is 63.2 cm³/mol. The summed E-state index contributed by atoms with van der Waals surface area (Å²) in [5.41, 5.74) is 0.1000. The number of anilines is 1. The third-order valence-electron chi connectivity index (χ3n) is 2.79. The van der Waals surface area contributed by atoms with Crippen molar-refractivity contribution in [2.45, 2.75) is 12.5 Å². The van der Waals surface area contributed by atoms with Crippen molar-refractivity contribution in [2.75, 3.05) is 24.6 Å². The molecule has 94 valence electrons. The molecule has 0 aliphatic carbocycles. The highest BCUT2D eigenvalue weighted by molar-refractivity contribution is 5.68. The highest BCUT2D eigenvalue weighted by atomic mass is 16.5. The summed E-state index contributed by atoms with van der Waals surface area (Å²) in [6.07, 6.45) is 1.58. The first-order chi connectivity index (χ1) is 8.52. The fourth-order valence-electron chi connectivity index (χ4n) is 1.91. The van der Waals surface area contributed by atoms with Crippen LogP contribution in [0.2, 0.25) is 0 Å². The van der Waals surface area contributed by atoms with Crippen molar-refractivity contribution < 1.29 is 14.6 Å². The van der Waals surface area contributed by atoms with E-state index in [0.29, 0.717) is 24.5 Å². The lowest BCUT2D eigenvalue weighted by Gasteiger charge is -2.47. The Kier molecular flexibility index (Phi) is 3.17. The number of hydrogen-bond acceptors (Lipinski definition) is 5. The number of rotatable bonds is 4. The van der Waals surface area contributed by atoms with E-state index in [2.05, 4.69) is 11.1 Å². The first kappa shape index (κ1) is 12.3. The van der Waals surface area contributed by atoms with Crippen LogP contribution in [0.3, 0.4) is 0 Å². The molecule has 1 fully saturated rings. The number of carboxylic acids is 1. The molecule has 0 aromatic carbocycles. The Morgan fingerprint density at radius 2 is 2.44 bits per heavy atom. The molecule has 2 heterocycles. The lowest BCUT2D eigenvalue weighted by molar-refractivity contribution is -0.150. The number of carbonyl (C=O) groups is 1. The van der Waals surface area contributed by atoms with Gasteiger partial charge in [0.05, 0.1) is 11.6 Å². The molecule has 0 bridgehead atoms. The molecule has 6 nitrogen and oxygen atoms in total. The quantitative estimate of drug-likeness (QED) is 0.839. The van der Waals surface area contributed by atoms with Gasteiger partial charge in [-0.05, 0) is 19.1 Å². The zero-order chi connectivity index (χ0) is 13.2. The third-order valence-corrected chi connectivity index (χ3v) is 2.79. The van der Waals surface area contributed by atoms with E-state index in [9.17, 15) is 4.79 Å². The van der Waals surface area contributed by atoms with Gasteiger partial charge in [-0.15, -0.1) is 0 Å². The molecule has 2 rings (SSSR count). The van der Waals surface area contributed by atoms with Crippen molar-refractivity contribution >= 4 is 11.8 Å². The molecule has 18 heavy (non-hydrogen) atoms. The van der Waals surface area contributed by atoms with Gasteiger partial charge < -0.3 is 14.7 Å². The summed E-state index contributed by atoms with van der Waals surface area (Å²) in [7, 11) is 0.